The summed E-state index contributed by atoms with van der Waals surface area (Å²) in [6, 6.07) is 3.74. The third kappa shape index (κ3) is 4.03. The van der Waals surface area contributed by atoms with Gasteiger partial charge in [0.25, 0.3) is 0 Å². The zero-order valence-electron chi connectivity index (χ0n) is 9.04. The molecule has 0 aliphatic carbocycles. The number of carbonyl (C=O) groups is 2. The summed E-state index contributed by atoms with van der Waals surface area (Å²) in [4.78, 5) is 21.9. The summed E-state index contributed by atoms with van der Waals surface area (Å²) in [7, 11) is 0. The van der Waals surface area contributed by atoms with E-state index in [4.69, 9.17) is 16.7 Å². The second-order valence-electron chi connectivity index (χ2n) is 3.62. The smallest absolute Gasteiger partial charge is 0.306 e. The molecular weight excluding hydrogens is 249 g/mol. The molecule has 92 valence electrons. The highest BCUT2D eigenvalue weighted by atomic mass is 35.5. The molecule has 0 heterocycles. The Bertz CT molecular complexity index is 450. The van der Waals surface area contributed by atoms with E-state index < -0.39 is 23.6 Å². The number of nitrogens with one attached hydrogen (secondary N) is 1. The van der Waals surface area contributed by atoms with E-state index in [9.17, 15) is 14.0 Å². The average molecular weight is 260 g/mol. The minimum absolute atomic E-state index is 0.0555. The zero-order chi connectivity index (χ0) is 13.0. The van der Waals surface area contributed by atoms with Crippen LogP contribution in [0.3, 0.4) is 0 Å². The lowest BCUT2D eigenvalue weighted by atomic mass is 10.1. The molecule has 0 bridgehead atoms. The lowest BCUT2D eigenvalue weighted by Gasteiger charge is -2.08. The van der Waals surface area contributed by atoms with Gasteiger partial charge in [0.1, 0.15) is 5.82 Å². The van der Waals surface area contributed by atoms with Crippen LogP contribution in [0.25, 0.3) is 0 Å². The first kappa shape index (κ1) is 13.4. The summed E-state index contributed by atoms with van der Waals surface area (Å²) in [5.41, 5.74) is -0.0555. The predicted octanol–water partition coefficient (Wildman–Crippen LogP) is 2.53. The van der Waals surface area contributed by atoms with Crippen LogP contribution in [-0.2, 0) is 9.59 Å². The number of carboxylic acids is 1. The molecule has 0 fully saturated rings. The molecule has 0 aromatic heterocycles. The number of rotatable bonds is 4. The number of hydrogen-bond acceptors (Lipinski definition) is 2. The fourth-order valence-corrected chi connectivity index (χ4v) is 1.33. The van der Waals surface area contributed by atoms with Crippen LogP contribution in [0, 0.1) is 11.7 Å². The minimum Gasteiger partial charge on any atom is -0.481 e. The Morgan fingerprint density at radius 3 is 2.76 bits per heavy atom. The van der Waals surface area contributed by atoms with Gasteiger partial charge in [-0.2, -0.15) is 0 Å². The Morgan fingerprint density at radius 1 is 1.53 bits per heavy atom. The van der Waals surface area contributed by atoms with Crippen molar-refractivity contribution in [1.82, 2.24) is 0 Å². The van der Waals surface area contributed by atoms with Crippen molar-refractivity contribution < 1.29 is 19.1 Å². The van der Waals surface area contributed by atoms with Crippen LogP contribution < -0.4 is 5.32 Å². The highest BCUT2D eigenvalue weighted by Crippen LogP contribution is 2.20. The molecule has 1 unspecified atom stereocenters. The molecule has 1 amide bonds. The van der Waals surface area contributed by atoms with E-state index in [1.807, 2.05) is 0 Å². The lowest BCUT2D eigenvalue weighted by Crippen LogP contribution is -2.20. The lowest BCUT2D eigenvalue weighted by molar-refractivity contribution is -0.142. The summed E-state index contributed by atoms with van der Waals surface area (Å²) in [5, 5.41) is 11.2. The first-order valence-electron chi connectivity index (χ1n) is 4.88. The van der Waals surface area contributed by atoms with Gasteiger partial charge < -0.3 is 10.4 Å². The van der Waals surface area contributed by atoms with Gasteiger partial charge in [-0.25, -0.2) is 4.39 Å². The van der Waals surface area contributed by atoms with Gasteiger partial charge in [0.05, 0.1) is 11.6 Å². The topological polar surface area (TPSA) is 66.4 Å². The molecule has 0 spiro atoms. The highest BCUT2D eigenvalue weighted by molar-refractivity contribution is 6.30. The number of halogens is 2. The van der Waals surface area contributed by atoms with Gasteiger partial charge >= 0.3 is 5.97 Å². The van der Waals surface area contributed by atoms with Crippen LogP contribution in [0.15, 0.2) is 18.2 Å². The van der Waals surface area contributed by atoms with E-state index >= 15 is 0 Å². The zero-order valence-corrected chi connectivity index (χ0v) is 9.79. The van der Waals surface area contributed by atoms with E-state index in [-0.39, 0.29) is 17.1 Å². The Morgan fingerprint density at radius 2 is 2.18 bits per heavy atom. The maximum absolute atomic E-state index is 13.2. The molecular formula is C11H11ClFNO3. The molecule has 1 aromatic carbocycles. The van der Waals surface area contributed by atoms with Crippen LogP contribution in [0.4, 0.5) is 10.1 Å². The Labute approximate surface area is 102 Å². The number of anilines is 1. The van der Waals surface area contributed by atoms with Crippen molar-refractivity contribution in [2.45, 2.75) is 13.3 Å². The van der Waals surface area contributed by atoms with Crippen molar-refractivity contribution in [2.24, 2.45) is 5.92 Å². The molecule has 4 nitrogen and oxygen atoms in total. The molecule has 0 radical (unpaired) electrons. The number of hydrogen-bond donors (Lipinski definition) is 2. The molecule has 0 saturated carbocycles. The summed E-state index contributed by atoms with van der Waals surface area (Å²) < 4.78 is 13.2. The minimum atomic E-state index is -1.08. The van der Waals surface area contributed by atoms with Crippen molar-refractivity contribution >= 4 is 29.2 Å². The number of aliphatic carboxylic acids is 1. The average Bonchev–Trinajstić information content (AvgIpc) is 2.23. The molecule has 0 saturated heterocycles. The Balaban J connectivity index is 2.68. The molecule has 1 aromatic rings. The number of amides is 1. The van der Waals surface area contributed by atoms with E-state index in [1.54, 1.807) is 0 Å². The maximum atomic E-state index is 13.2. The van der Waals surface area contributed by atoms with Gasteiger partial charge in [-0.15, -0.1) is 0 Å². The SMILES string of the molecule is CC(CC(=O)Nc1cc(Cl)ccc1F)C(=O)O. The second kappa shape index (κ2) is 5.63. The van der Waals surface area contributed by atoms with Crippen molar-refractivity contribution in [3.8, 4) is 0 Å². The fourth-order valence-electron chi connectivity index (χ4n) is 1.16. The second-order valence-corrected chi connectivity index (χ2v) is 4.05. The molecule has 17 heavy (non-hydrogen) atoms. The summed E-state index contributed by atoms with van der Waals surface area (Å²) in [6.45, 7) is 1.40. The predicted molar refractivity (Wildman–Crippen MR) is 61.5 cm³/mol. The van der Waals surface area contributed by atoms with Gasteiger partial charge in [-0.05, 0) is 18.2 Å². The highest BCUT2D eigenvalue weighted by Gasteiger charge is 2.16. The number of benzene rings is 1. The first-order valence-corrected chi connectivity index (χ1v) is 5.25. The van der Waals surface area contributed by atoms with Gasteiger partial charge in [-0.1, -0.05) is 18.5 Å². The Kier molecular flexibility index (Phi) is 4.45. The third-order valence-corrected chi connectivity index (χ3v) is 2.35. The fraction of sp³-hybridized carbons (Fsp3) is 0.273. The van der Waals surface area contributed by atoms with Crippen LogP contribution in [0.2, 0.25) is 5.02 Å². The summed E-state index contributed by atoms with van der Waals surface area (Å²) in [6.07, 6.45) is -0.221. The third-order valence-electron chi connectivity index (χ3n) is 2.12. The quantitative estimate of drug-likeness (QED) is 0.873. The van der Waals surface area contributed by atoms with Crippen molar-refractivity contribution in [3.63, 3.8) is 0 Å². The van der Waals surface area contributed by atoms with E-state index in [1.165, 1.54) is 19.1 Å². The molecule has 0 aliphatic heterocycles. The van der Waals surface area contributed by atoms with Crippen molar-refractivity contribution in [1.29, 1.82) is 0 Å². The van der Waals surface area contributed by atoms with Gasteiger partial charge in [0.15, 0.2) is 0 Å². The van der Waals surface area contributed by atoms with E-state index in [2.05, 4.69) is 5.32 Å². The van der Waals surface area contributed by atoms with E-state index in [0.717, 1.165) is 6.07 Å². The maximum Gasteiger partial charge on any atom is 0.306 e. The molecule has 0 aliphatic rings. The first-order chi connectivity index (χ1) is 7.90. The number of carbonyl (C=O) groups excluding carboxylic acids is 1. The van der Waals surface area contributed by atoms with Gasteiger partial charge in [0.2, 0.25) is 5.91 Å². The van der Waals surface area contributed by atoms with Crippen LogP contribution in [0.1, 0.15) is 13.3 Å². The molecule has 2 N–H and O–H groups in total. The number of carboxylic acid groups (broad SMARTS) is 1. The Hall–Kier alpha value is -1.62. The van der Waals surface area contributed by atoms with Crippen molar-refractivity contribution in [3.05, 3.63) is 29.0 Å². The van der Waals surface area contributed by atoms with Crippen LogP contribution >= 0.6 is 11.6 Å². The van der Waals surface area contributed by atoms with Crippen LogP contribution in [-0.4, -0.2) is 17.0 Å². The molecule has 6 heteroatoms. The molecule has 1 atom stereocenters. The van der Waals surface area contributed by atoms with E-state index in [0.29, 0.717) is 0 Å². The van der Waals surface area contributed by atoms with Crippen LogP contribution in [0.5, 0.6) is 0 Å². The largest absolute Gasteiger partial charge is 0.481 e. The summed E-state index contributed by atoms with van der Waals surface area (Å²) in [5.74, 6) is -3.09. The summed E-state index contributed by atoms with van der Waals surface area (Å²) >= 11 is 5.64. The monoisotopic (exact) mass is 259 g/mol. The normalized spacial score (nSPS) is 11.9. The van der Waals surface area contributed by atoms with Gasteiger partial charge in [-0.3, -0.25) is 9.59 Å². The standard InChI is InChI=1S/C11H11ClFNO3/c1-6(11(16)17)4-10(15)14-9-5-7(12)2-3-8(9)13/h2-3,5-6H,4H2,1H3,(H,14,15)(H,16,17). The molecule has 1 rings (SSSR count). The van der Waals surface area contributed by atoms with Crippen molar-refractivity contribution in [2.75, 3.05) is 5.32 Å². The van der Waals surface area contributed by atoms with Gasteiger partial charge in [0, 0.05) is 11.4 Å².